The number of rotatable bonds is 9. The number of hydrogen-bond acceptors (Lipinski definition) is 8. The molecular weight excluding hydrogens is 552 g/mol. The van der Waals surface area contributed by atoms with Crippen molar-refractivity contribution in [1.29, 1.82) is 0 Å². The van der Waals surface area contributed by atoms with Crippen molar-refractivity contribution in [3.05, 3.63) is 116 Å². The van der Waals surface area contributed by atoms with Gasteiger partial charge in [-0.3, -0.25) is 10.1 Å². The monoisotopic (exact) mass is 572 g/mol. The molecular formula is C28H21BrN4O5. The number of aryl methyl sites for hydroxylation is 1. The van der Waals surface area contributed by atoms with Crippen molar-refractivity contribution in [3.8, 4) is 34.3 Å². The van der Waals surface area contributed by atoms with E-state index in [1.54, 1.807) is 6.07 Å². The molecule has 0 atom stereocenters. The first kappa shape index (κ1) is 25.1. The lowest BCUT2D eigenvalue weighted by atomic mass is 10.1. The average Bonchev–Trinajstić information content (AvgIpc) is 3.41. The zero-order chi connectivity index (χ0) is 26.5. The number of nitrogens with zero attached hydrogens (tertiary/aromatic N) is 4. The Kier molecular flexibility index (Phi) is 7.41. The van der Waals surface area contributed by atoms with Gasteiger partial charge in [-0.25, -0.2) is 4.98 Å². The van der Waals surface area contributed by atoms with Crippen LogP contribution in [0.1, 0.15) is 16.8 Å². The van der Waals surface area contributed by atoms with Gasteiger partial charge in [0, 0.05) is 11.8 Å². The maximum Gasteiger partial charge on any atom is 0.315 e. The summed E-state index contributed by atoms with van der Waals surface area (Å²) < 4.78 is 18.0. The van der Waals surface area contributed by atoms with E-state index in [4.69, 9.17) is 14.0 Å². The minimum Gasteiger partial charge on any atom is -0.485 e. The van der Waals surface area contributed by atoms with Gasteiger partial charge < -0.3 is 14.0 Å². The molecule has 0 spiro atoms. The second-order valence-corrected chi connectivity index (χ2v) is 9.09. The Balaban J connectivity index is 1.53. The zero-order valence-electron chi connectivity index (χ0n) is 20.2. The molecule has 0 aliphatic rings. The molecule has 0 fully saturated rings. The molecule has 2 heterocycles. The van der Waals surface area contributed by atoms with Crippen LogP contribution in [0.4, 0.5) is 5.69 Å². The summed E-state index contributed by atoms with van der Waals surface area (Å²) in [6.45, 7) is 2.18. The molecule has 190 valence electrons. The molecule has 10 heteroatoms. The Morgan fingerprint density at radius 1 is 0.895 bits per heavy atom. The highest BCUT2D eigenvalue weighted by molar-refractivity contribution is 9.10. The number of benzene rings is 3. The van der Waals surface area contributed by atoms with E-state index in [2.05, 4.69) is 31.1 Å². The summed E-state index contributed by atoms with van der Waals surface area (Å²) >= 11 is 3.42. The Morgan fingerprint density at radius 3 is 2.18 bits per heavy atom. The standard InChI is InChI=1S/C28H21BrN4O5/c1-18-12-13-22(26(29)30-18)27-31-28(38-32-27)21-14-23(33(34)35)25(37-17-20-10-6-3-7-11-20)24(15-21)36-16-19-8-4-2-5-9-19/h2-15H,16-17H2,1H3. The minimum atomic E-state index is -0.517. The third kappa shape index (κ3) is 5.70. The molecule has 38 heavy (non-hydrogen) atoms. The maximum absolute atomic E-state index is 12.1. The minimum absolute atomic E-state index is 0.0174. The number of ether oxygens (including phenoxy) is 2. The molecule has 0 bridgehead atoms. The van der Waals surface area contributed by atoms with Crippen molar-refractivity contribution < 1.29 is 18.9 Å². The number of halogens is 1. The van der Waals surface area contributed by atoms with Crippen LogP contribution >= 0.6 is 15.9 Å². The number of nitro groups is 1. The lowest BCUT2D eigenvalue weighted by Gasteiger charge is -2.14. The first-order valence-corrected chi connectivity index (χ1v) is 12.4. The predicted molar refractivity (Wildman–Crippen MR) is 144 cm³/mol. The molecule has 5 rings (SSSR count). The van der Waals surface area contributed by atoms with Crippen molar-refractivity contribution >= 4 is 21.6 Å². The third-order valence-corrected chi connectivity index (χ3v) is 6.20. The maximum atomic E-state index is 12.1. The Hall–Kier alpha value is -4.57. The largest absolute Gasteiger partial charge is 0.485 e. The van der Waals surface area contributed by atoms with Crippen LogP contribution < -0.4 is 9.47 Å². The highest BCUT2D eigenvalue weighted by atomic mass is 79.9. The summed E-state index contributed by atoms with van der Waals surface area (Å²) in [6, 6.07) is 25.5. The van der Waals surface area contributed by atoms with Crippen LogP contribution in [-0.2, 0) is 13.2 Å². The molecule has 2 aromatic heterocycles. The van der Waals surface area contributed by atoms with Crippen molar-refractivity contribution in [3.63, 3.8) is 0 Å². The van der Waals surface area contributed by atoms with E-state index in [0.29, 0.717) is 15.7 Å². The van der Waals surface area contributed by atoms with Crippen LogP contribution in [-0.4, -0.2) is 20.0 Å². The zero-order valence-corrected chi connectivity index (χ0v) is 21.8. The second-order valence-electron chi connectivity index (χ2n) is 8.34. The first-order chi connectivity index (χ1) is 18.5. The molecule has 0 amide bonds. The van der Waals surface area contributed by atoms with E-state index in [1.807, 2.05) is 79.7 Å². The van der Waals surface area contributed by atoms with Gasteiger partial charge in [0.25, 0.3) is 5.89 Å². The van der Waals surface area contributed by atoms with Gasteiger partial charge in [-0.1, -0.05) is 65.8 Å². The topological polar surface area (TPSA) is 113 Å². The van der Waals surface area contributed by atoms with Gasteiger partial charge >= 0.3 is 5.69 Å². The van der Waals surface area contributed by atoms with Crippen LogP contribution in [0.5, 0.6) is 11.5 Å². The molecule has 0 N–H and O–H groups in total. The molecule has 5 aromatic rings. The van der Waals surface area contributed by atoms with Crippen molar-refractivity contribution in [2.45, 2.75) is 20.1 Å². The van der Waals surface area contributed by atoms with E-state index < -0.39 is 4.92 Å². The summed E-state index contributed by atoms with van der Waals surface area (Å²) in [6.07, 6.45) is 0. The van der Waals surface area contributed by atoms with Gasteiger partial charge in [0.1, 0.15) is 17.8 Å². The summed E-state index contributed by atoms with van der Waals surface area (Å²) in [5, 5.41) is 16.2. The lowest BCUT2D eigenvalue weighted by Crippen LogP contribution is -2.04. The molecule has 0 aliphatic carbocycles. The molecule has 0 saturated heterocycles. The SMILES string of the molecule is Cc1ccc(-c2noc(-c3cc(OCc4ccccc4)c(OCc4ccccc4)c([N+](=O)[O-])c3)n2)c(Br)n1. The normalized spacial score (nSPS) is 10.8. The average molecular weight is 573 g/mol. The Labute approximate surface area is 226 Å². The van der Waals surface area contributed by atoms with E-state index >= 15 is 0 Å². The summed E-state index contributed by atoms with van der Waals surface area (Å²) in [5.74, 6) is 0.587. The molecule has 0 radical (unpaired) electrons. The van der Waals surface area contributed by atoms with Gasteiger partial charge in [-0.15, -0.1) is 0 Å². The lowest BCUT2D eigenvalue weighted by molar-refractivity contribution is -0.386. The quantitative estimate of drug-likeness (QED) is 0.106. The third-order valence-electron chi connectivity index (χ3n) is 5.60. The van der Waals surface area contributed by atoms with Crippen molar-refractivity contribution in [2.24, 2.45) is 0 Å². The molecule has 0 saturated carbocycles. The fraction of sp³-hybridized carbons (Fsp3) is 0.107. The molecule has 9 nitrogen and oxygen atoms in total. The fourth-order valence-corrected chi connectivity index (χ4v) is 4.30. The highest BCUT2D eigenvalue weighted by Gasteiger charge is 2.26. The van der Waals surface area contributed by atoms with E-state index in [-0.39, 0.29) is 42.1 Å². The van der Waals surface area contributed by atoms with Crippen LogP contribution in [0.2, 0.25) is 0 Å². The van der Waals surface area contributed by atoms with Crippen LogP contribution in [0.3, 0.4) is 0 Å². The number of pyridine rings is 1. The van der Waals surface area contributed by atoms with E-state index in [1.165, 1.54) is 6.07 Å². The van der Waals surface area contributed by atoms with E-state index in [9.17, 15) is 10.1 Å². The van der Waals surface area contributed by atoms with E-state index in [0.717, 1.165) is 16.8 Å². The summed E-state index contributed by atoms with van der Waals surface area (Å²) in [5.41, 5.74) is 3.25. The van der Waals surface area contributed by atoms with Crippen molar-refractivity contribution in [1.82, 2.24) is 15.1 Å². The fourth-order valence-electron chi connectivity index (χ4n) is 3.71. The Bertz CT molecular complexity index is 1580. The van der Waals surface area contributed by atoms with Crippen LogP contribution in [0, 0.1) is 17.0 Å². The van der Waals surface area contributed by atoms with Gasteiger partial charge in [-0.2, -0.15) is 4.98 Å². The van der Waals surface area contributed by atoms with Gasteiger partial charge in [-0.05, 0) is 52.2 Å². The number of hydrogen-bond donors (Lipinski definition) is 0. The molecule has 0 unspecified atom stereocenters. The molecule has 0 aliphatic heterocycles. The smallest absolute Gasteiger partial charge is 0.315 e. The van der Waals surface area contributed by atoms with Crippen LogP contribution in [0.25, 0.3) is 22.8 Å². The number of aromatic nitrogens is 3. The predicted octanol–water partition coefficient (Wildman–Crippen LogP) is 6.94. The summed E-state index contributed by atoms with van der Waals surface area (Å²) in [7, 11) is 0. The van der Waals surface area contributed by atoms with Crippen LogP contribution in [0.15, 0.2) is 94.1 Å². The van der Waals surface area contributed by atoms with Gasteiger partial charge in [0.05, 0.1) is 16.1 Å². The number of nitro benzene ring substituents is 1. The molecule has 3 aromatic carbocycles. The summed E-state index contributed by atoms with van der Waals surface area (Å²) in [4.78, 5) is 20.4. The first-order valence-electron chi connectivity index (χ1n) is 11.6. The van der Waals surface area contributed by atoms with Gasteiger partial charge in [0.15, 0.2) is 5.75 Å². The highest BCUT2D eigenvalue weighted by Crippen LogP contribution is 2.42. The Morgan fingerprint density at radius 2 is 1.55 bits per heavy atom. The van der Waals surface area contributed by atoms with Crippen molar-refractivity contribution in [2.75, 3.05) is 0 Å². The van der Waals surface area contributed by atoms with Gasteiger partial charge in [0.2, 0.25) is 11.6 Å². The second kappa shape index (κ2) is 11.2.